The lowest BCUT2D eigenvalue weighted by Crippen LogP contribution is -2.44. The number of hydrogen-bond acceptors (Lipinski definition) is 4. The van der Waals surface area contributed by atoms with Crippen molar-refractivity contribution in [1.29, 1.82) is 0 Å². The maximum atomic E-state index is 11.0. The van der Waals surface area contributed by atoms with E-state index in [1.165, 1.54) is 0 Å². The molecule has 0 spiro atoms. The first-order valence-electron chi connectivity index (χ1n) is 3.81. The first-order chi connectivity index (χ1) is 6.13. The standard InChI is InChI=1S/C8H9NO4/c1-2-6(10)9-5-3-4-7(11)13-8(5)12/h2,5H,1,3-4H2,(H,9,10). The molecule has 1 amide bonds. The van der Waals surface area contributed by atoms with Crippen LogP contribution < -0.4 is 5.32 Å². The van der Waals surface area contributed by atoms with Gasteiger partial charge in [-0.25, -0.2) is 4.79 Å². The highest BCUT2D eigenvalue weighted by Crippen LogP contribution is 2.08. The molecule has 1 fully saturated rings. The molecule has 13 heavy (non-hydrogen) atoms. The molecule has 0 aromatic heterocycles. The number of carbonyl (C=O) groups is 3. The fourth-order valence-electron chi connectivity index (χ4n) is 0.976. The maximum Gasteiger partial charge on any atom is 0.336 e. The fraction of sp³-hybridized carbons (Fsp3) is 0.375. The lowest BCUT2D eigenvalue weighted by molar-refractivity contribution is -0.165. The summed E-state index contributed by atoms with van der Waals surface area (Å²) in [6, 6.07) is -0.719. The summed E-state index contributed by atoms with van der Waals surface area (Å²) < 4.78 is 4.32. The zero-order chi connectivity index (χ0) is 9.84. The van der Waals surface area contributed by atoms with Crippen LogP contribution in [0.4, 0.5) is 0 Å². The van der Waals surface area contributed by atoms with E-state index in [1.807, 2.05) is 0 Å². The van der Waals surface area contributed by atoms with Gasteiger partial charge in [0, 0.05) is 6.42 Å². The SMILES string of the molecule is C=CC(=O)NC1CCC(=O)OC1=O. The molecule has 1 aliphatic heterocycles. The predicted molar refractivity (Wildman–Crippen MR) is 42.5 cm³/mol. The minimum atomic E-state index is -0.719. The van der Waals surface area contributed by atoms with Gasteiger partial charge in [-0.1, -0.05) is 6.58 Å². The average Bonchev–Trinajstić information content (AvgIpc) is 2.09. The second-order valence-electron chi connectivity index (χ2n) is 2.60. The van der Waals surface area contributed by atoms with Crippen LogP contribution in [0.2, 0.25) is 0 Å². The summed E-state index contributed by atoms with van der Waals surface area (Å²) in [5, 5.41) is 2.36. The van der Waals surface area contributed by atoms with E-state index in [-0.39, 0.29) is 12.8 Å². The Kier molecular flexibility index (Phi) is 2.79. The molecule has 5 heteroatoms. The Labute approximate surface area is 74.7 Å². The third-order valence-corrected chi connectivity index (χ3v) is 1.64. The summed E-state index contributed by atoms with van der Waals surface area (Å²) in [6.45, 7) is 3.23. The fourth-order valence-corrected chi connectivity index (χ4v) is 0.976. The Bertz CT molecular complexity index is 271. The van der Waals surface area contributed by atoms with E-state index in [0.717, 1.165) is 6.08 Å². The molecule has 70 valence electrons. The van der Waals surface area contributed by atoms with Crippen molar-refractivity contribution in [1.82, 2.24) is 5.32 Å². The lowest BCUT2D eigenvalue weighted by atomic mass is 10.1. The summed E-state index contributed by atoms with van der Waals surface area (Å²) in [6.07, 6.45) is 1.49. The van der Waals surface area contributed by atoms with Gasteiger partial charge in [0.05, 0.1) is 0 Å². The number of nitrogens with one attached hydrogen (secondary N) is 1. The summed E-state index contributed by atoms with van der Waals surface area (Å²) in [7, 11) is 0. The maximum absolute atomic E-state index is 11.0. The van der Waals surface area contributed by atoms with Gasteiger partial charge >= 0.3 is 11.9 Å². The van der Waals surface area contributed by atoms with Gasteiger partial charge in [-0.2, -0.15) is 0 Å². The third-order valence-electron chi connectivity index (χ3n) is 1.64. The van der Waals surface area contributed by atoms with E-state index < -0.39 is 23.9 Å². The van der Waals surface area contributed by atoms with Gasteiger partial charge in [0.2, 0.25) is 5.91 Å². The Morgan fingerprint density at radius 1 is 1.62 bits per heavy atom. The van der Waals surface area contributed by atoms with Crippen molar-refractivity contribution in [3.8, 4) is 0 Å². The van der Waals surface area contributed by atoms with E-state index in [2.05, 4.69) is 16.6 Å². The molecule has 0 saturated carbocycles. The Morgan fingerprint density at radius 2 is 2.31 bits per heavy atom. The molecule has 1 saturated heterocycles. The normalized spacial score (nSPS) is 22.0. The van der Waals surface area contributed by atoms with Crippen LogP contribution in [-0.2, 0) is 19.1 Å². The highest BCUT2D eigenvalue weighted by Gasteiger charge is 2.29. The van der Waals surface area contributed by atoms with Crippen molar-refractivity contribution in [3.05, 3.63) is 12.7 Å². The van der Waals surface area contributed by atoms with Crippen LogP contribution in [-0.4, -0.2) is 23.9 Å². The van der Waals surface area contributed by atoms with Crippen molar-refractivity contribution in [2.24, 2.45) is 0 Å². The highest BCUT2D eigenvalue weighted by molar-refractivity contribution is 5.95. The van der Waals surface area contributed by atoms with Crippen molar-refractivity contribution in [2.75, 3.05) is 0 Å². The molecule has 1 aliphatic rings. The Morgan fingerprint density at radius 3 is 2.85 bits per heavy atom. The smallest absolute Gasteiger partial charge is 0.336 e. The highest BCUT2D eigenvalue weighted by atomic mass is 16.6. The van der Waals surface area contributed by atoms with Crippen LogP contribution in [0.1, 0.15) is 12.8 Å². The molecule has 0 aromatic rings. The van der Waals surface area contributed by atoms with Gasteiger partial charge in [0.15, 0.2) is 0 Å². The van der Waals surface area contributed by atoms with Crippen LogP contribution in [0.5, 0.6) is 0 Å². The van der Waals surface area contributed by atoms with E-state index in [1.54, 1.807) is 0 Å². The van der Waals surface area contributed by atoms with Gasteiger partial charge in [-0.05, 0) is 12.5 Å². The van der Waals surface area contributed by atoms with Crippen LogP contribution in [0.25, 0.3) is 0 Å². The lowest BCUT2D eigenvalue weighted by Gasteiger charge is -2.19. The number of hydrogen-bond donors (Lipinski definition) is 1. The molecule has 0 aromatic carbocycles. The minimum Gasteiger partial charge on any atom is -0.392 e. The average molecular weight is 183 g/mol. The van der Waals surface area contributed by atoms with Crippen molar-refractivity contribution in [2.45, 2.75) is 18.9 Å². The van der Waals surface area contributed by atoms with E-state index in [4.69, 9.17) is 0 Å². The number of rotatable bonds is 2. The minimum absolute atomic E-state index is 0.147. The molecule has 5 nitrogen and oxygen atoms in total. The van der Waals surface area contributed by atoms with Crippen LogP contribution in [0.15, 0.2) is 12.7 Å². The molecule has 0 bridgehead atoms. The van der Waals surface area contributed by atoms with E-state index >= 15 is 0 Å². The predicted octanol–water partition coefficient (Wildman–Crippen LogP) is -0.479. The van der Waals surface area contributed by atoms with Gasteiger partial charge in [-0.15, -0.1) is 0 Å². The zero-order valence-electron chi connectivity index (χ0n) is 6.91. The third kappa shape index (κ3) is 2.40. The Balaban J connectivity index is 2.51. The second-order valence-corrected chi connectivity index (χ2v) is 2.60. The van der Waals surface area contributed by atoms with Crippen LogP contribution in [0, 0.1) is 0 Å². The van der Waals surface area contributed by atoms with Crippen molar-refractivity contribution < 1.29 is 19.1 Å². The first kappa shape index (κ1) is 9.44. The molecule has 1 heterocycles. The van der Waals surface area contributed by atoms with E-state index in [9.17, 15) is 14.4 Å². The topological polar surface area (TPSA) is 72.5 Å². The molecule has 1 unspecified atom stereocenters. The summed E-state index contributed by atoms with van der Waals surface area (Å²) in [4.78, 5) is 32.3. The zero-order valence-corrected chi connectivity index (χ0v) is 6.91. The molecule has 0 radical (unpaired) electrons. The molecule has 0 aliphatic carbocycles. The monoisotopic (exact) mass is 183 g/mol. The molecule has 1 atom stereocenters. The quantitative estimate of drug-likeness (QED) is 0.356. The number of ether oxygens (including phenoxy) is 1. The molecule has 1 rings (SSSR count). The van der Waals surface area contributed by atoms with Gasteiger partial charge in [-0.3, -0.25) is 9.59 Å². The second kappa shape index (κ2) is 3.84. The Hall–Kier alpha value is -1.65. The summed E-state index contributed by atoms with van der Waals surface area (Å²) >= 11 is 0. The number of carbonyl (C=O) groups excluding carboxylic acids is 3. The first-order valence-corrected chi connectivity index (χ1v) is 3.81. The van der Waals surface area contributed by atoms with Gasteiger partial charge in [0.1, 0.15) is 6.04 Å². The van der Waals surface area contributed by atoms with Crippen molar-refractivity contribution in [3.63, 3.8) is 0 Å². The van der Waals surface area contributed by atoms with E-state index in [0.29, 0.717) is 0 Å². The van der Waals surface area contributed by atoms with Gasteiger partial charge < -0.3 is 10.1 Å². The summed E-state index contributed by atoms with van der Waals surface area (Å²) in [5.41, 5.74) is 0. The number of esters is 2. The largest absolute Gasteiger partial charge is 0.392 e. The van der Waals surface area contributed by atoms with Crippen LogP contribution in [0.3, 0.4) is 0 Å². The summed E-state index contributed by atoms with van der Waals surface area (Å²) in [5.74, 6) is -1.70. The van der Waals surface area contributed by atoms with Gasteiger partial charge in [0.25, 0.3) is 0 Å². The molecular formula is C8H9NO4. The van der Waals surface area contributed by atoms with Crippen molar-refractivity contribution >= 4 is 17.8 Å². The number of cyclic esters (lactones) is 2. The van der Waals surface area contributed by atoms with Crippen LogP contribution >= 0.6 is 0 Å². The molecule has 1 N–H and O–H groups in total. The molecular weight excluding hydrogens is 174 g/mol. The number of amides is 1.